The molecule has 0 aromatic heterocycles. The summed E-state index contributed by atoms with van der Waals surface area (Å²) in [6.07, 6.45) is 0. The first-order valence-corrected chi connectivity index (χ1v) is 6.94. The molecule has 0 unspecified atom stereocenters. The number of hydrogen-bond donors (Lipinski definition) is 1. The number of benzene rings is 2. The van der Waals surface area contributed by atoms with Crippen LogP contribution in [0, 0.1) is 6.92 Å². The van der Waals surface area contributed by atoms with Crippen molar-refractivity contribution in [3.05, 3.63) is 58.1 Å². The van der Waals surface area contributed by atoms with Crippen molar-refractivity contribution in [2.45, 2.75) is 16.7 Å². The van der Waals surface area contributed by atoms with Gasteiger partial charge in [-0.1, -0.05) is 29.5 Å². The van der Waals surface area contributed by atoms with Crippen LogP contribution in [0.25, 0.3) is 0 Å². The lowest BCUT2D eigenvalue weighted by Crippen LogP contribution is -1.95. The van der Waals surface area contributed by atoms with Crippen LogP contribution < -0.4 is 0 Å². The third kappa shape index (κ3) is 3.15. The Hall–Kier alpha value is -1.26. The maximum Gasteiger partial charge on any atom is 0.335 e. The van der Waals surface area contributed by atoms with Gasteiger partial charge in [0, 0.05) is 14.3 Å². The molecule has 0 saturated heterocycles. The predicted octanol–water partition coefficient (Wildman–Crippen LogP) is 4.61. The largest absolute Gasteiger partial charge is 0.478 e. The van der Waals surface area contributed by atoms with Gasteiger partial charge in [-0.3, -0.25) is 0 Å². The van der Waals surface area contributed by atoms with E-state index in [0.717, 1.165) is 14.3 Å². The number of carbonyl (C=O) groups is 1. The first-order chi connectivity index (χ1) is 8.56. The molecule has 4 heteroatoms. The zero-order valence-electron chi connectivity index (χ0n) is 9.68. The van der Waals surface area contributed by atoms with Crippen molar-refractivity contribution < 1.29 is 9.90 Å². The van der Waals surface area contributed by atoms with Crippen molar-refractivity contribution in [1.82, 2.24) is 0 Å². The Morgan fingerprint density at radius 3 is 2.61 bits per heavy atom. The Morgan fingerprint density at radius 2 is 2.00 bits per heavy atom. The van der Waals surface area contributed by atoms with Gasteiger partial charge in [-0.2, -0.15) is 0 Å². The summed E-state index contributed by atoms with van der Waals surface area (Å²) in [5.74, 6) is -0.914. The van der Waals surface area contributed by atoms with Gasteiger partial charge in [0.15, 0.2) is 0 Å². The quantitative estimate of drug-likeness (QED) is 0.896. The van der Waals surface area contributed by atoms with E-state index in [4.69, 9.17) is 5.11 Å². The van der Waals surface area contributed by atoms with Gasteiger partial charge in [0.2, 0.25) is 0 Å². The van der Waals surface area contributed by atoms with E-state index in [-0.39, 0.29) is 5.56 Å². The predicted molar refractivity (Wildman–Crippen MR) is 76.4 cm³/mol. The van der Waals surface area contributed by atoms with Crippen LogP contribution in [-0.4, -0.2) is 11.1 Å². The molecule has 0 aliphatic carbocycles. The van der Waals surface area contributed by atoms with Crippen molar-refractivity contribution in [2.24, 2.45) is 0 Å². The SMILES string of the molecule is Cc1cccc(Sc2ccc(C(=O)O)cc2Br)c1. The number of carboxylic acids is 1. The summed E-state index contributed by atoms with van der Waals surface area (Å²) >= 11 is 5.02. The van der Waals surface area contributed by atoms with E-state index in [0.29, 0.717) is 0 Å². The van der Waals surface area contributed by atoms with Crippen LogP contribution in [0.3, 0.4) is 0 Å². The molecule has 0 aliphatic rings. The average Bonchev–Trinajstić information content (AvgIpc) is 2.31. The van der Waals surface area contributed by atoms with Crippen LogP contribution >= 0.6 is 27.7 Å². The number of hydrogen-bond acceptors (Lipinski definition) is 2. The normalized spacial score (nSPS) is 10.3. The van der Waals surface area contributed by atoms with E-state index in [1.165, 1.54) is 5.56 Å². The molecule has 18 heavy (non-hydrogen) atoms. The summed E-state index contributed by atoms with van der Waals surface area (Å²) in [6, 6.07) is 13.3. The van der Waals surface area contributed by atoms with Gasteiger partial charge < -0.3 is 5.11 Å². The van der Waals surface area contributed by atoms with Crippen molar-refractivity contribution in [3.8, 4) is 0 Å². The van der Waals surface area contributed by atoms with Crippen LogP contribution in [0.1, 0.15) is 15.9 Å². The second kappa shape index (κ2) is 5.59. The fourth-order valence-electron chi connectivity index (χ4n) is 1.52. The van der Waals surface area contributed by atoms with E-state index in [9.17, 15) is 4.79 Å². The van der Waals surface area contributed by atoms with Crippen molar-refractivity contribution in [3.63, 3.8) is 0 Å². The van der Waals surface area contributed by atoms with Gasteiger partial charge in [-0.25, -0.2) is 4.79 Å². The van der Waals surface area contributed by atoms with E-state index >= 15 is 0 Å². The highest BCUT2D eigenvalue weighted by molar-refractivity contribution is 9.10. The minimum atomic E-state index is -0.914. The fourth-order valence-corrected chi connectivity index (χ4v) is 3.08. The Labute approximate surface area is 118 Å². The molecule has 0 bridgehead atoms. The van der Waals surface area contributed by atoms with Gasteiger partial charge in [-0.05, 0) is 53.2 Å². The molecule has 1 N–H and O–H groups in total. The van der Waals surface area contributed by atoms with E-state index < -0.39 is 5.97 Å². The molecule has 0 radical (unpaired) electrons. The first-order valence-electron chi connectivity index (χ1n) is 5.33. The van der Waals surface area contributed by atoms with E-state index in [1.54, 1.807) is 23.9 Å². The monoisotopic (exact) mass is 322 g/mol. The van der Waals surface area contributed by atoms with Gasteiger partial charge in [0.1, 0.15) is 0 Å². The molecule has 2 nitrogen and oxygen atoms in total. The highest BCUT2D eigenvalue weighted by atomic mass is 79.9. The van der Waals surface area contributed by atoms with Crippen LogP contribution in [0.4, 0.5) is 0 Å². The van der Waals surface area contributed by atoms with Crippen molar-refractivity contribution >= 4 is 33.7 Å². The standard InChI is InChI=1S/C14H11BrO2S/c1-9-3-2-4-11(7-9)18-13-6-5-10(14(16)17)8-12(13)15/h2-8H,1H3,(H,16,17). The molecule has 2 aromatic carbocycles. The molecular weight excluding hydrogens is 312 g/mol. The second-order valence-corrected chi connectivity index (χ2v) is 5.84. The van der Waals surface area contributed by atoms with Gasteiger partial charge in [-0.15, -0.1) is 0 Å². The molecule has 0 spiro atoms. The van der Waals surface area contributed by atoms with Crippen molar-refractivity contribution in [2.75, 3.05) is 0 Å². The molecule has 2 aromatic rings. The second-order valence-electron chi connectivity index (χ2n) is 3.87. The summed E-state index contributed by atoms with van der Waals surface area (Å²) < 4.78 is 0.800. The highest BCUT2D eigenvalue weighted by Crippen LogP contribution is 2.34. The number of aromatic carboxylic acids is 1. The summed E-state index contributed by atoms with van der Waals surface area (Å²) in [5, 5.41) is 8.90. The Morgan fingerprint density at radius 1 is 1.22 bits per heavy atom. The molecule has 0 atom stereocenters. The molecule has 0 aliphatic heterocycles. The summed E-state index contributed by atoms with van der Waals surface area (Å²) in [5.41, 5.74) is 1.49. The Balaban J connectivity index is 2.27. The highest BCUT2D eigenvalue weighted by Gasteiger charge is 2.07. The fraction of sp³-hybridized carbons (Fsp3) is 0.0714. The average molecular weight is 323 g/mol. The molecule has 0 saturated carbocycles. The van der Waals surface area contributed by atoms with Crippen LogP contribution in [0.15, 0.2) is 56.7 Å². The van der Waals surface area contributed by atoms with Gasteiger partial charge >= 0.3 is 5.97 Å². The van der Waals surface area contributed by atoms with Gasteiger partial charge in [0.05, 0.1) is 5.56 Å². The zero-order valence-corrected chi connectivity index (χ0v) is 12.1. The smallest absolute Gasteiger partial charge is 0.335 e. The topological polar surface area (TPSA) is 37.3 Å². The first kappa shape index (κ1) is 13.2. The molecule has 0 fully saturated rings. The number of rotatable bonds is 3. The zero-order chi connectivity index (χ0) is 13.1. The van der Waals surface area contributed by atoms with Crippen LogP contribution in [-0.2, 0) is 0 Å². The maximum atomic E-state index is 10.8. The molecule has 0 amide bonds. The minimum Gasteiger partial charge on any atom is -0.478 e. The third-order valence-electron chi connectivity index (χ3n) is 2.40. The number of aryl methyl sites for hydroxylation is 1. The number of carboxylic acid groups (broad SMARTS) is 1. The summed E-state index contributed by atoms with van der Waals surface area (Å²) in [4.78, 5) is 13.0. The summed E-state index contributed by atoms with van der Waals surface area (Å²) in [6.45, 7) is 2.05. The molecule has 92 valence electrons. The Kier molecular flexibility index (Phi) is 4.09. The minimum absolute atomic E-state index is 0.287. The lowest BCUT2D eigenvalue weighted by Gasteiger charge is -2.06. The van der Waals surface area contributed by atoms with Crippen LogP contribution in [0.5, 0.6) is 0 Å². The maximum absolute atomic E-state index is 10.8. The number of halogens is 1. The lowest BCUT2D eigenvalue weighted by atomic mass is 10.2. The van der Waals surface area contributed by atoms with E-state index in [1.807, 2.05) is 31.2 Å². The van der Waals surface area contributed by atoms with Crippen LogP contribution in [0.2, 0.25) is 0 Å². The van der Waals surface area contributed by atoms with Gasteiger partial charge in [0.25, 0.3) is 0 Å². The summed E-state index contributed by atoms with van der Waals surface area (Å²) in [7, 11) is 0. The Bertz CT molecular complexity index is 596. The van der Waals surface area contributed by atoms with Crippen molar-refractivity contribution in [1.29, 1.82) is 0 Å². The molecule has 2 rings (SSSR count). The molecular formula is C14H11BrO2S. The lowest BCUT2D eigenvalue weighted by molar-refractivity contribution is 0.0696. The molecule has 0 heterocycles. The van der Waals surface area contributed by atoms with E-state index in [2.05, 4.69) is 22.0 Å². The third-order valence-corrected chi connectivity index (χ3v) is 4.38.